The topological polar surface area (TPSA) is 53.8 Å². The van der Waals surface area contributed by atoms with Gasteiger partial charge in [-0.05, 0) is 31.9 Å². The van der Waals surface area contributed by atoms with Gasteiger partial charge >= 0.3 is 0 Å². The molecule has 2 aliphatic heterocycles. The molecule has 1 aromatic rings. The Morgan fingerprint density at radius 2 is 2.16 bits per heavy atom. The summed E-state index contributed by atoms with van der Waals surface area (Å²) in [7, 11) is 0. The average molecular weight is 262 g/mol. The summed E-state index contributed by atoms with van der Waals surface area (Å²) >= 11 is 0. The molecule has 2 aliphatic rings. The molecule has 1 atom stereocenters. The molecule has 5 heteroatoms. The molecule has 3 rings (SSSR count). The van der Waals surface area contributed by atoms with Crippen LogP contribution in [0.1, 0.15) is 30.8 Å². The third-order valence-electron chi connectivity index (χ3n) is 3.91. The number of aryl methyl sites for hydroxylation is 1. The van der Waals surface area contributed by atoms with Crippen molar-refractivity contribution in [1.29, 1.82) is 0 Å². The number of fused-ring (bicyclic) bond motifs is 1. The molecular formula is C14H18N2O3. The Hall–Kier alpha value is -1.78. The highest BCUT2D eigenvalue weighted by Crippen LogP contribution is 2.24. The molecule has 0 saturated carbocycles. The monoisotopic (exact) mass is 262 g/mol. The summed E-state index contributed by atoms with van der Waals surface area (Å²) in [6, 6.07) is 3.54. The van der Waals surface area contributed by atoms with Crippen molar-refractivity contribution in [2.45, 2.75) is 38.8 Å². The van der Waals surface area contributed by atoms with Crippen LogP contribution in [-0.4, -0.2) is 40.7 Å². The molecule has 0 bridgehead atoms. The fourth-order valence-electron chi connectivity index (χ4n) is 2.93. The van der Waals surface area contributed by atoms with Gasteiger partial charge in [0.15, 0.2) is 0 Å². The molecule has 2 amide bonds. The van der Waals surface area contributed by atoms with E-state index >= 15 is 0 Å². The summed E-state index contributed by atoms with van der Waals surface area (Å²) in [5, 5.41) is 0. The summed E-state index contributed by atoms with van der Waals surface area (Å²) in [5.74, 6) is 1.80. The Balaban J connectivity index is 1.78. The van der Waals surface area contributed by atoms with Gasteiger partial charge in [-0.25, -0.2) is 0 Å². The van der Waals surface area contributed by atoms with Gasteiger partial charge in [0.25, 0.3) is 0 Å². The van der Waals surface area contributed by atoms with Gasteiger partial charge in [0.1, 0.15) is 17.6 Å². The van der Waals surface area contributed by atoms with Crippen molar-refractivity contribution in [1.82, 2.24) is 9.80 Å². The number of furan rings is 1. The van der Waals surface area contributed by atoms with Gasteiger partial charge in [-0.1, -0.05) is 0 Å². The van der Waals surface area contributed by atoms with Crippen LogP contribution in [0.5, 0.6) is 0 Å². The van der Waals surface area contributed by atoms with Crippen LogP contribution < -0.4 is 0 Å². The van der Waals surface area contributed by atoms with Crippen molar-refractivity contribution in [3.05, 3.63) is 23.7 Å². The van der Waals surface area contributed by atoms with E-state index in [0.717, 1.165) is 30.9 Å². The predicted octanol–water partition coefficient (Wildman–Crippen LogP) is 1.31. The number of nitrogens with zero attached hydrogens (tertiary/aromatic N) is 2. The summed E-state index contributed by atoms with van der Waals surface area (Å²) in [6.07, 6.45) is 2.13. The number of rotatable bonds is 2. The highest BCUT2D eigenvalue weighted by molar-refractivity contribution is 5.90. The van der Waals surface area contributed by atoms with Crippen molar-refractivity contribution in [2.24, 2.45) is 0 Å². The molecule has 0 aliphatic carbocycles. The van der Waals surface area contributed by atoms with Crippen LogP contribution in [0.4, 0.5) is 0 Å². The van der Waals surface area contributed by atoms with Crippen LogP contribution in [0.15, 0.2) is 16.5 Å². The lowest BCUT2D eigenvalue weighted by atomic mass is 10.2. The van der Waals surface area contributed by atoms with E-state index in [2.05, 4.69) is 0 Å². The first-order valence-corrected chi connectivity index (χ1v) is 6.79. The lowest BCUT2D eigenvalue weighted by Crippen LogP contribution is -2.43. The first-order chi connectivity index (χ1) is 9.15. The minimum absolute atomic E-state index is 0.0670. The van der Waals surface area contributed by atoms with Crippen LogP contribution in [-0.2, 0) is 16.1 Å². The molecule has 1 aromatic heterocycles. The van der Waals surface area contributed by atoms with Gasteiger partial charge in [-0.2, -0.15) is 0 Å². The minimum atomic E-state index is -0.244. The summed E-state index contributed by atoms with van der Waals surface area (Å²) in [4.78, 5) is 27.9. The van der Waals surface area contributed by atoms with Crippen molar-refractivity contribution in [3.63, 3.8) is 0 Å². The van der Waals surface area contributed by atoms with Gasteiger partial charge in [0, 0.05) is 19.5 Å². The SMILES string of the molecule is Cc1ccc(CN2CCC(=O)N3CCCC3C2=O)o1. The van der Waals surface area contributed by atoms with Gasteiger partial charge in [-0.15, -0.1) is 0 Å². The van der Waals surface area contributed by atoms with Crippen LogP contribution >= 0.6 is 0 Å². The van der Waals surface area contributed by atoms with Crippen LogP contribution in [0.3, 0.4) is 0 Å². The van der Waals surface area contributed by atoms with Crippen LogP contribution in [0.25, 0.3) is 0 Å². The quantitative estimate of drug-likeness (QED) is 0.807. The van der Waals surface area contributed by atoms with Crippen molar-refractivity contribution in [2.75, 3.05) is 13.1 Å². The van der Waals surface area contributed by atoms with E-state index in [1.54, 1.807) is 9.80 Å². The molecule has 2 fully saturated rings. The van der Waals surface area contributed by atoms with Crippen LogP contribution in [0, 0.1) is 6.92 Å². The van der Waals surface area contributed by atoms with Crippen molar-refractivity contribution < 1.29 is 14.0 Å². The number of amides is 2. The van der Waals surface area contributed by atoms with E-state index in [4.69, 9.17) is 4.42 Å². The zero-order valence-electron chi connectivity index (χ0n) is 11.1. The van der Waals surface area contributed by atoms with E-state index in [-0.39, 0.29) is 17.9 Å². The van der Waals surface area contributed by atoms with Gasteiger partial charge < -0.3 is 14.2 Å². The van der Waals surface area contributed by atoms with E-state index in [1.807, 2.05) is 19.1 Å². The van der Waals surface area contributed by atoms with E-state index in [0.29, 0.717) is 19.5 Å². The highest BCUT2D eigenvalue weighted by Gasteiger charge is 2.39. The zero-order chi connectivity index (χ0) is 13.4. The first-order valence-electron chi connectivity index (χ1n) is 6.79. The van der Waals surface area contributed by atoms with Gasteiger partial charge in [0.2, 0.25) is 11.8 Å². The second-order valence-corrected chi connectivity index (χ2v) is 5.27. The Morgan fingerprint density at radius 1 is 1.32 bits per heavy atom. The Bertz CT molecular complexity index is 509. The molecule has 0 N–H and O–H groups in total. The molecule has 102 valence electrons. The van der Waals surface area contributed by atoms with E-state index < -0.39 is 0 Å². The largest absolute Gasteiger partial charge is 0.464 e. The molecule has 0 aromatic carbocycles. The Labute approximate surface area is 112 Å². The third kappa shape index (κ3) is 2.25. The van der Waals surface area contributed by atoms with E-state index in [9.17, 15) is 9.59 Å². The minimum Gasteiger partial charge on any atom is -0.464 e. The number of hydrogen-bond acceptors (Lipinski definition) is 3. The number of carbonyl (C=O) groups is 2. The molecule has 2 saturated heterocycles. The zero-order valence-corrected chi connectivity index (χ0v) is 11.1. The predicted molar refractivity (Wildman–Crippen MR) is 68.2 cm³/mol. The van der Waals surface area contributed by atoms with Crippen molar-refractivity contribution in [3.8, 4) is 0 Å². The number of carbonyl (C=O) groups excluding carboxylic acids is 2. The lowest BCUT2D eigenvalue weighted by molar-refractivity contribution is -0.139. The molecule has 0 spiro atoms. The second-order valence-electron chi connectivity index (χ2n) is 5.27. The smallest absolute Gasteiger partial charge is 0.245 e. The third-order valence-corrected chi connectivity index (χ3v) is 3.91. The molecule has 19 heavy (non-hydrogen) atoms. The molecule has 3 heterocycles. The van der Waals surface area contributed by atoms with Gasteiger partial charge in [-0.3, -0.25) is 9.59 Å². The lowest BCUT2D eigenvalue weighted by Gasteiger charge is -2.24. The number of hydrogen-bond donors (Lipinski definition) is 0. The molecule has 0 radical (unpaired) electrons. The molecule has 5 nitrogen and oxygen atoms in total. The summed E-state index contributed by atoms with van der Waals surface area (Å²) in [6.45, 7) is 3.56. The standard InChI is InChI=1S/C14H18N2O3/c1-10-4-5-11(19-10)9-15-8-6-13(17)16-7-2-3-12(16)14(15)18/h4-5,12H,2-3,6-9H2,1H3. The van der Waals surface area contributed by atoms with Crippen molar-refractivity contribution >= 4 is 11.8 Å². The summed E-state index contributed by atoms with van der Waals surface area (Å²) in [5.41, 5.74) is 0. The van der Waals surface area contributed by atoms with Crippen LogP contribution in [0.2, 0.25) is 0 Å². The normalized spacial score (nSPS) is 23.7. The first kappa shape index (κ1) is 12.3. The highest BCUT2D eigenvalue weighted by atomic mass is 16.3. The fourth-order valence-corrected chi connectivity index (χ4v) is 2.93. The molecule has 1 unspecified atom stereocenters. The maximum Gasteiger partial charge on any atom is 0.245 e. The summed E-state index contributed by atoms with van der Waals surface area (Å²) < 4.78 is 5.52. The fraction of sp³-hybridized carbons (Fsp3) is 0.571. The second kappa shape index (κ2) is 4.72. The van der Waals surface area contributed by atoms with E-state index in [1.165, 1.54) is 0 Å². The Kier molecular flexibility index (Phi) is 3.05. The maximum absolute atomic E-state index is 12.5. The average Bonchev–Trinajstić information content (AvgIpc) is 2.99. The molecular weight excluding hydrogens is 244 g/mol. The van der Waals surface area contributed by atoms with Gasteiger partial charge in [0.05, 0.1) is 6.54 Å². The Morgan fingerprint density at radius 3 is 2.89 bits per heavy atom. The maximum atomic E-state index is 12.5.